The number of hydrogen-bond acceptors (Lipinski definition) is 7. The first-order valence-electron chi connectivity index (χ1n) is 8.44. The molecule has 0 amide bonds. The zero-order chi connectivity index (χ0) is 17.8. The largest absolute Gasteiger partial charge is 0.462 e. The number of esters is 1. The number of ether oxygens (including phenoxy) is 2. The van der Waals surface area contributed by atoms with Gasteiger partial charge in [0.2, 0.25) is 5.95 Å². The summed E-state index contributed by atoms with van der Waals surface area (Å²) in [7, 11) is 1.89. The smallest absolute Gasteiger partial charge is 0.341 e. The summed E-state index contributed by atoms with van der Waals surface area (Å²) in [6.45, 7) is 4.54. The number of aromatic nitrogens is 4. The van der Waals surface area contributed by atoms with Crippen LogP contribution in [0.2, 0.25) is 0 Å². The molecule has 2 aromatic rings. The Hall–Kier alpha value is -2.48. The molecule has 3 rings (SSSR count). The molecule has 134 valence electrons. The van der Waals surface area contributed by atoms with E-state index in [9.17, 15) is 4.79 Å². The van der Waals surface area contributed by atoms with Crippen molar-refractivity contribution in [2.45, 2.75) is 38.8 Å². The predicted molar refractivity (Wildman–Crippen MR) is 91.3 cm³/mol. The molecule has 1 aliphatic heterocycles. The third-order valence-corrected chi connectivity index (χ3v) is 4.19. The third-order valence-electron chi connectivity index (χ3n) is 4.19. The maximum atomic E-state index is 11.8. The van der Waals surface area contributed by atoms with E-state index in [2.05, 4.69) is 20.4 Å². The van der Waals surface area contributed by atoms with Gasteiger partial charge in [0, 0.05) is 37.7 Å². The van der Waals surface area contributed by atoms with Crippen molar-refractivity contribution in [2.24, 2.45) is 7.05 Å². The number of anilines is 1. The Kier molecular flexibility index (Phi) is 5.28. The highest BCUT2D eigenvalue weighted by atomic mass is 16.5. The second-order valence-corrected chi connectivity index (χ2v) is 6.09. The highest BCUT2D eigenvalue weighted by Crippen LogP contribution is 2.29. The average molecular weight is 345 g/mol. The monoisotopic (exact) mass is 345 g/mol. The third kappa shape index (κ3) is 4.14. The van der Waals surface area contributed by atoms with Crippen LogP contribution in [0.25, 0.3) is 0 Å². The summed E-state index contributed by atoms with van der Waals surface area (Å²) in [4.78, 5) is 20.5. The molecule has 1 aliphatic rings. The first kappa shape index (κ1) is 17.3. The van der Waals surface area contributed by atoms with Crippen molar-refractivity contribution < 1.29 is 14.3 Å². The summed E-state index contributed by atoms with van der Waals surface area (Å²) < 4.78 is 12.6. The number of aryl methyl sites for hydroxylation is 2. The van der Waals surface area contributed by atoms with Crippen LogP contribution in [-0.2, 0) is 16.5 Å². The van der Waals surface area contributed by atoms with Gasteiger partial charge in [-0.3, -0.25) is 4.68 Å². The highest BCUT2D eigenvalue weighted by molar-refractivity contribution is 5.90. The molecule has 0 saturated carbocycles. The summed E-state index contributed by atoms with van der Waals surface area (Å²) in [6, 6.07) is 0.201. The Balaban J connectivity index is 1.65. The normalized spacial score (nSPS) is 20.3. The fourth-order valence-corrected chi connectivity index (χ4v) is 2.90. The summed E-state index contributed by atoms with van der Waals surface area (Å²) in [5, 5.41) is 7.55. The van der Waals surface area contributed by atoms with Gasteiger partial charge in [-0.1, -0.05) is 0 Å². The van der Waals surface area contributed by atoms with Crippen LogP contribution in [0.1, 0.15) is 47.5 Å². The number of rotatable bonds is 5. The van der Waals surface area contributed by atoms with Crippen LogP contribution >= 0.6 is 0 Å². The van der Waals surface area contributed by atoms with Gasteiger partial charge in [-0.25, -0.2) is 14.8 Å². The number of nitrogens with one attached hydrogen (secondary N) is 1. The maximum Gasteiger partial charge on any atom is 0.341 e. The Morgan fingerprint density at radius 2 is 2.32 bits per heavy atom. The van der Waals surface area contributed by atoms with Crippen molar-refractivity contribution in [3.63, 3.8) is 0 Å². The molecule has 0 radical (unpaired) electrons. The van der Waals surface area contributed by atoms with E-state index in [0.717, 1.165) is 18.4 Å². The van der Waals surface area contributed by atoms with Gasteiger partial charge in [0.05, 0.1) is 30.2 Å². The van der Waals surface area contributed by atoms with E-state index in [0.29, 0.717) is 30.4 Å². The molecule has 1 fully saturated rings. The lowest BCUT2D eigenvalue weighted by molar-refractivity contribution is 0.00965. The minimum absolute atomic E-state index is 0.0138. The van der Waals surface area contributed by atoms with E-state index in [1.807, 2.05) is 19.4 Å². The summed E-state index contributed by atoms with van der Waals surface area (Å²) >= 11 is 0. The number of nitrogens with zero attached hydrogens (tertiary/aromatic N) is 4. The van der Waals surface area contributed by atoms with Gasteiger partial charge in [0.15, 0.2) is 0 Å². The van der Waals surface area contributed by atoms with E-state index in [1.165, 1.54) is 6.20 Å². The SMILES string of the molecule is CCOC(=O)c1cnc(N[C@H]2CCO[C@@H](c3cnn(C)c3)C2)nc1C. The Labute approximate surface area is 146 Å². The van der Waals surface area contributed by atoms with Crippen molar-refractivity contribution in [1.29, 1.82) is 0 Å². The molecule has 25 heavy (non-hydrogen) atoms. The lowest BCUT2D eigenvalue weighted by atomic mass is 10.00. The van der Waals surface area contributed by atoms with Gasteiger partial charge in [0.25, 0.3) is 0 Å². The maximum absolute atomic E-state index is 11.8. The molecule has 2 aromatic heterocycles. The molecule has 8 heteroatoms. The minimum atomic E-state index is -0.394. The second kappa shape index (κ2) is 7.60. The van der Waals surface area contributed by atoms with E-state index < -0.39 is 5.97 Å². The van der Waals surface area contributed by atoms with Gasteiger partial charge < -0.3 is 14.8 Å². The van der Waals surface area contributed by atoms with Crippen LogP contribution in [0.15, 0.2) is 18.6 Å². The lowest BCUT2D eigenvalue weighted by Crippen LogP contribution is -2.30. The molecule has 0 aromatic carbocycles. The number of carbonyl (C=O) groups excluding carboxylic acids is 1. The lowest BCUT2D eigenvalue weighted by Gasteiger charge is -2.29. The molecule has 3 heterocycles. The van der Waals surface area contributed by atoms with E-state index in [4.69, 9.17) is 9.47 Å². The molecule has 1 saturated heterocycles. The van der Waals surface area contributed by atoms with Crippen molar-refractivity contribution in [3.8, 4) is 0 Å². The Morgan fingerprint density at radius 1 is 1.48 bits per heavy atom. The minimum Gasteiger partial charge on any atom is -0.462 e. The van der Waals surface area contributed by atoms with Crippen molar-refractivity contribution >= 4 is 11.9 Å². The van der Waals surface area contributed by atoms with Crippen LogP contribution in [0.5, 0.6) is 0 Å². The van der Waals surface area contributed by atoms with Gasteiger partial charge in [-0.15, -0.1) is 0 Å². The van der Waals surface area contributed by atoms with Gasteiger partial charge >= 0.3 is 5.97 Å². The first-order chi connectivity index (χ1) is 12.1. The van der Waals surface area contributed by atoms with Gasteiger partial charge in [-0.2, -0.15) is 5.10 Å². The standard InChI is InChI=1S/C17H23N5O3/c1-4-24-16(23)14-9-18-17(20-11(14)2)21-13-5-6-25-15(7-13)12-8-19-22(3)10-12/h8-10,13,15H,4-7H2,1-3H3,(H,18,20,21)/t13-,15+/m0/s1. The van der Waals surface area contributed by atoms with Crippen LogP contribution in [0, 0.1) is 6.92 Å². The van der Waals surface area contributed by atoms with Crippen LogP contribution in [-0.4, -0.2) is 45.0 Å². The zero-order valence-electron chi connectivity index (χ0n) is 14.7. The topological polar surface area (TPSA) is 91.2 Å². The number of carbonyl (C=O) groups is 1. The predicted octanol–water partition coefficient (Wildman–Crippen LogP) is 2.03. The molecule has 2 atom stereocenters. The summed E-state index contributed by atoms with van der Waals surface area (Å²) in [6.07, 6.45) is 7.02. The van der Waals surface area contributed by atoms with E-state index >= 15 is 0 Å². The fraction of sp³-hybridized carbons (Fsp3) is 0.529. The highest BCUT2D eigenvalue weighted by Gasteiger charge is 2.25. The average Bonchev–Trinajstić information content (AvgIpc) is 3.02. The summed E-state index contributed by atoms with van der Waals surface area (Å²) in [5.41, 5.74) is 2.07. The molecule has 1 N–H and O–H groups in total. The Morgan fingerprint density at radius 3 is 3.00 bits per heavy atom. The molecule has 0 bridgehead atoms. The van der Waals surface area contributed by atoms with E-state index in [1.54, 1.807) is 18.5 Å². The zero-order valence-corrected chi connectivity index (χ0v) is 14.7. The van der Waals surface area contributed by atoms with Crippen LogP contribution in [0.4, 0.5) is 5.95 Å². The van der Waals surface area contributed by atoms with Gasteiger partial charge in [-0.05, 0) is 26.7 Å². The van der Waals surface area contributed by atoms with Gasteiger partial charge in [0.1, 0.15) is 0 Å². The van der Waals surface area contributed by atoms with Crippen molar-refractivity contribution in [2.75, 3.05) is 18.5 Å². The number of hydrogen-bond donors (Lipinski definition) is 1. The van der Waals surface area contributed by atoms with Crippen LogP contribution < -0.4 is 5.32 Å². The van der Waals surface area contributed by atoms with Crippen molar-refractivity contribution in [1.82, 2.24) is 19.7 Å². The van der Waals surface area contributed by atoms with Crippen LogP contribution in [0.3, 0.4) is 0 Å². The second-order valence-electron chi connectivity index (χ2n) is 6.09. The van der Waals surface area contributed by atoms with E-state index in [-0.39, 0.29) is 12.1 Å². The molecular weight excluding hydrogens is 322 g/mol. The molecule has 0 aliphatic carbocycles. The fourth-order valence-electron chi connectivity index (χ4n) is 2.90. The molecule has 0 unspecified atom stereocenters. The molecular formula is C17H23N5O3. The Bertz CT molecular complexity index is 746. The first-order valence-corrected chi connectivity index (χ1v) is 8.44. The molecule has 8 nitrogen and oxygen atoms in total. The van der Waals surface area contributed by atoms with Crippen molar-refractivity contribution in [3.05, 3.63) is 35.4 Å². The summed E-state index contributed by atoms with van der Waals surface area (Å²) in [5.74, 6) is 0.122. The molecule has 0 spiro atoms. The quantitative estimate of drug-likeness (QED) is 0.829.